The number of ether oxygens (including phenoxy) is 2. The van der Waals surface area contributed by atoms with Crippen molar-refractivity contribution in [2.75, 3.05) is 12.4 Å². The number of amides is 1. The van der Waals surface area contributed by atoms with Crippen LogP contribution in [-0.4, -0.2) is 24.3 Å². The smallest absolute Gasteiger partial charge is 0.412 e. The second-order valence-corrected chi connectivity index (χ2v) is 6.12. The average Bonchev–Trinajstić information content (AvgIpc) is 3.08. The van der Waals surface area contributed by atoms with Gasteiger partial charge < -0.3 is 14.0 Å². The first kappa shape index (κ1) is 19.2. The molecule has 1 aromatic heterocycles. The van der Waals surface area contributed by atoms with Gasteiger partial charge in [-0.2, -0.15) is 0 Å². The molecule has 7 nitrogen and oxygen atoms in total. The quantitative estimate of drug-likeness (QED) is 0.643. The van der Waals surface area contributed by atoms with E-state index in [4.69, 9.17) is 9.26 Å². The second kappa shape index (κ2) is 8.39. The molecule has 28 heavy (non-hydrogen) atoms. The van der Waals surface area contributed by atoms with Gasteiger partial charge in [0.05, 0.1) is 12.7 Å². The summed E-state index contributed by atoms with van der Waals surface area (Å²) in [5.74, 6) is -0.0599. The fourth-order valence-corrected chi connectivity index (χ4v) is 2.67. The van der Waals surface area contributed by atoms with E-state index >= 15 is 0 Å². The minimum Gasteiger partial charge on any atom is -0.465 e. The summed E-state index contributed by atoms with van der Waals surface area (Å²) >= 11 is 0. The molecule has 1 amide bonds. The van der Waals surface area contributed by atoms with Crippen LogP contribution in [0.2, 0.25) is 0 Å². The van der Waals surface area contributed by atoms with Gasteiger partial charge in [0.25, 0.3) is 0 Å². The van der Waals surface area contributed by atoms with Crippen LogP contribution in [0.15, 0.2) is 59.1 Å². The molecule has 0 aliphatic heterocycles. The number of hydrogen-bond donors (Lipinski definition) is 1. The van der Waals surface area contributed by atoms with Gasteiger partial charge in [-0.15, -0.1) is 0 Å². The third-order valence-corrected chi connectivity index (χ3v) is 4.21. The minimum absolute atomic E-state index is 0.373. The van der Waals surface area contributed by atoms with Gasteiger partial charge in [0.1, 0.15) is 17.5 Å². The highest BCUT2D eigenvalue weighted by Crippen LogP contribution is 2.31. The van der Waals surface area contributed by atoms with E-state index in [1.807, 2.05) is 30.3 Å². The number of anilines is 1. The van der Waals surface area contributed by atoms with Crippen LogP contribution in [0, 0.1) is 6.92 Å². The van der Waals surface area contributed by atoms with E-state index < -0.39 is 18.2 Å². The van der Waals surface area contributed by atoms with E-state index in [1.165, 1.54) is 7.11 Å². The summed E-state index contributed by atoms with van der Waals surface area (Å²) in [6.07, 6.45) is -1.03. The first-order valence-electron chi connectivity index (χ1n) is 8.67. The van der Waals surface area contributed by atoms with Gasteiger partial charge in [-0.05, 0) is 31.5 Å². The fraction of sp³-hybridized carbons (Fsp3) is 0.190. The molecule has 7 heteroatoms. The second-order valence-electron chi connectivity index (χ2n) is 6.12. The molecular weight excluding hydrogens is 360 g/mol. The van der Waals surface area contributed by atoms with Crippen LogP contribution in [0.1, 0.15) is 34.6 Å². The van der Waals surface area contributed by atoms with Crippen molar-refractivity contribution in [1.29, 1.82) is 0 Å². The molecule has 1 heterocycles. The topological polar surface area (TPSA) is 90.7 Å². The van der Waals surface area contributed by atoms with Crippen LogP contribution in [0.4, 0.5) is 10.5 Å². The summed E-state index contributed by atoms with van der Waals surface area (Å²) in [7, 11) is 1.32. The van der Waals surface area contributed by atoms with E-state index in [0.717, 1.165) is 5.56 Å². The molecule has 1 atom stereocenters. The summed E-state index contributed by atoms with van der Waals surface area (Å²) in [4.78, 5) is 23.9. The first-order chi connectivity index (χ1) is 13.5. The van der Waals surface area contributed by atoms with Gasteiger partial charge in [-0.25, -0.2) is 9.59 Å². The van der Waals surface area contributed by atoms with Gasteiger partial charge in [0, 0.05) is 5.56 Å². The number of carbonyl (C=O) groups is 2. The molecule has 0 saturated carbocycles. The standard InChI is InChI=1S/C21H20N2O5/c1-13-18(22-21(25)27-14(2)15-7-5-4-6-8-15)19(28-23-13)16-9-11-17(12-10-16)20(24)26-3/h4-12,14H,1-3H3,(H,22,25)/t14-/m1/s1. The monoisotopic (exact) mass is 380 g/mol. The van der Waals surface area contributed by atoms with E-state index in [2.05, 4.69) is 15.2 Å². The fourth-order valence-electron chi connectivity index (χ4n) is 2.67. The molecule has 3 aromatic rings. The number of esters is 1. The van der Waals surface area contributed by atoms with E-state index in [0.29, 0.717) is 28.3 Å². The Labute approximate surface area is 162 Å². The van der Waals surface area contributed by atoms with Crippen molar-refractivity contribution in [2.24, 2.45) is 0 Å². The number of rotatable bonds is 5. The van der Waals surface area contributed by atoms with Crippen LogP contribution < -0.4 is 5.32 Å². The van der Waals surface area contributed by atoms with Gasteiger partial charge in [0.2, 0.25) is 0 Å². The predicted molar refractivity (Wildman–Crippen MR) is 103 cm³/mol. The molecule has 2 aromatic carbocycles. The third kappa shape index (κ3) is 4.20. The molecule has 0 fully saturated rings. The number of hydrogen-bond acceptors (Lipinski definition) is 6. The molecular formula is C21H20N2O5. The van der Waals surface area contributed by atoms with Gasteiger partial charge in [-0.3, -0.25) is 5.32 Å². The number of nitrogens with one attached hydrogen (secondary N) is 1. The zero-order chi connectivity index (χ0) is 20.1. The van der Waals surface area contributed by atoms with Crippen molar-refractivity contribution in [3.63, 3.8) is 0 Å². The number of aromatic nitrogens is 1. The highest BCUT2D eigenvalue weighted by Gasteiger charge is 2.20. The van der Waals surface area contributed by atoms with Gasteiger partial charge in [-0.1, -0.05) is 47.6 Å². The Balaban J connectivity index is 1.76. The van der Waals surface area contributed by atoms with E-state index in [1.54, 1.807) is 38.1 Å². The Kier molecular flexibility index (Phi) is 5.74. The molecule has 0 bridgehead atoms. The molecule has 1 N–H and O–H groups in total. The molecule has 0 saturated heterocycles. The van der Waals surface area contributed by atoms with E-state index in [-0.39, 0.29) is 0 Å². The molecule has 144 valence electrons. The SMILES string of the molecule is COC(=O)c1ccc(-c2onc(C)c2NC(=O)O[C@H](C)c2ccccc2)cc1. The maximum Gasteiger partial charge on any atom is 0.412 e. The first-order valence-corrected chi connectivity index (χ1v) is 8.67. The Morgan fingerprint density at radius 3 is 2.39 bits per heavy atom. The minimum atomic E-state index is -0.616. The molecule has 0 unspecified atom stereocenters. The van der Waals surface area contributed by atoms with Crippen LogP contribution in [-0.2, 0) is 9.47 Å². The van der Waals surface area contributed by atoms with Crippen LogP contribution in [0.3, 0.4) is 0 Å². The summed E-state index contributed by atoms with van der Waals surface area (Å²) in [6.45, 7) is 3.51. The summed E-state index contributed by atoms with van der Waals surface area (Å²) in [6, 6.07) is 16.0. The van der Waals surface area contributed by atoms with Crippen molar-refractivity contribution < 1.29 is 23.6 Å². The number of carbonyl (C=O) groups excluding carboxylic acids is 2. The number of nitrogens with zero attached hydrogens (tertiary/aromatic N) is 1. The Bertz CT molecular complexity index is 964. The predicted octanol–water partition coefficient (Wildman–Crippen LogP) is 4.75. The lowest BCUT2D eigenvalue weighted by Crippen LogP contribution is -2.16. The zero-order valence-corrected chi connectivity index (χ0v) is 15.8. The van der Waals surface area contributed by atoms with Crippen LogP contribution in [0.25, 0.3) is 11.3 Å². The maximum atomic E-state index is 12.3. The molecule has 0 aliphatic rings. The van der Waals surface area contributed by atoms with Gasteiger partial charge >= 0.3 is 12.1 Å². The highest BCUT2D eigenvalue weighted by atomic mass is 16.6. The normalized spacial score (nSPS) is 11.5. The zero-order valence-electron chi connectivity index (χ0n) is 15.8. The van der Waals surface area contributed by atoms with Gasteiger partial charge in [0.15, 0.2) is 5.76 Å². The molecule has 3 rings (SSSR count). The Morgan fingerprint density at radius 1 is 1.07 bits per heavy atom. The average molecular weight is 380 g/mol. The molecule has 0 aliphatic carbocycles. The number of methoxy groups -OCH3 is 1. The lowest BCUT2D eigenvalue weighted by atomic mass is 10.1. The number of aryl methyl sites for hydroxylation is 1. The summed E-state index contributed by atoms with van der Waals surface area (Å²) in [5, 5.41) is 6.62. The Hall–Kier alpha value is -3.61. The van der Waals surface area contributed by atoms with Crippen LogP contribution in [0.5, 0.6) is 0 Å². The number of benzene rings is 2. The Morgan fingerprint density at radius 2 is 1.75 bits per heavy atom. The van der Waals surface area contributed by atoms with Crippen molar-refractivity contribution in [2.45, 2.75) is 20.0 Å². The third-order valence-electron chi connectivity index (χ3n) is 4.21. The lowest BCUT2D eigenvalue weighted by Gasteiger charge is -2.14. The van der Waals surface area contributed by atoms with Crippen molar-refractivity contribution in [3.05, 3.63) is 71.4 Å². The van der Waals surface area contributed by atoms with Crippen molar-refractivity contribution in [1.82, 2.24) is 5.16 Å². The van der Waals surface area contributed by atoms with Crippen molar-refractivity contribution in [3.8, 4) is 11.3 Å². The molecule has 0 radical (unpaired) electrons. The summed E-state index contributed by atoms with van der Waals surface area (Å²) in [5.41, 5.74) is 2.87. The van der Waals surface area contributed by atoms with E-state index in [9.17, 15) is 9.59 Å². The van der Waals surface area contributed by atoms with Crippen LogP contribution >= 0.6 is 0 Å². The summed E-state index contributed by atoms with van der Waals surface area (Å²) < 4.78 is 15.5. The highest BCUT2D eigenvalue weighted by molar-refractivity contribution is 5.92. The largest absolute Gasteiger partial charge is 0.465 e. The maximum absolute atomic E-state index is 12.3. The molecule has 0 spiro atoms. The van der Waals surface area contributed by atoms with Crippen molar-refractivity contribution >= 4 is 17.7 Å². The lowest BCUT2D eigenvalue weighted by molar-refractivity contribution is 0.0600.